The molecule has 0 atom stereocenters. The molecule has 0 aromatic heterocycles. The zero-order valence-electron chi connectivity index (χ0n) is 11.3. The van der Waals surface area contributed by atoms with Crippen LogP contribution in [0.3, 0.4) is 0 Å². The van der Waals surface area contributed by atoms with E-state index in [1.165, 1.54) is 32.1 Å². The molecular weight excluding hydrogens is 198 g/mol. The third-order valence-electron chi connectivity index (χ3n) is 3.55. The van der Waals surface area contributed by atoms with Gasteiger partial charge in [-0.1, -0.05) is 27.2 Å². The fourth-order valence-electron chi connectivity index (χ4n) is 2.43. The van der Waals surface area contributed by atoms with Gasteiger partial charge < -0.3 is 10.1 Å². The number of nitrogens with one attached hydrogen (secondary N) is 1. The van der Waals surface area contributed by atoms with Crippen molar-refractivity contribution in [3.05, 3.63) is 0 Å². The van der Waals surface area contributed by atoms with Crippen LogP contribution in [0.5, 0.6) is 0 Å². The molecule has 2 nitrogen and oxygen atoms in total. The second-order valence-corrected chi connectivity index (χ2v) is 5.55. The van der Waals surface area contributed by atoms with Crippen LogP contribution in [0.2, 0.25) is 0 Å². The van der Waals surface area contributed by atoms with Crippen molar-refractivity contribution in [2.24, 2.45) is 11.8 Å². The van der Waals surface area contributed by atoms with Crippen molar-refractivity contribution in [2.45, 2.75) is 58.9 Å². The number of hydrogen-bond donors (Lipinski definition) is 1. The van der Waals surface area contributed by atoms with E-state index in [1.807, 2.05) is 0 Å². The van der Waals surface area contributed by atoms with Crippen molar-refractivity contribution < 1.29 is 4.74 Å². The van der Waals surface area contributed by atoms with Crippen LogP contribution in [0.1, 0.15) is 52.9 Å². The maximum absolute atomic E-state index is 5.57. The van der Waals surface area contributed by atoms with Gasteiger partial charge in [0.05, 0.1) is 6.61 Å². The Bertz CT molecular complexity index is 162. The number of hydrogen-bond acceptors (Lipinski definition) is 2. The quantitative estimate of drug-likeness (QED) is 0.674. The molecule has 0 bridgehead atoms. The minimum Gasteiger partial charge on any atom is -0.380 e. The van der Waals surface area contributed by atoms with Gasteiger partial charge in [-0.25, -0.2) is 0 Å². The highest BCUT2D eigenvalue weighted by atomic mass is 16.5. The Morgan fingerprint density at radius 1 is 1.19 bits per heavy atom. The van der Waals surface area contributed by atoms with Gasteiger partial charge in [-0.15, -0.1) is 0 Å². The third-order valence-corrected chi connectivity index (χ3v) is 3.55. The highest BCUT2D eigenvalue weighted by Crippen LogP contribution is 2.26. The zero-order chi connectivity index (χ0) is 11.8. The van der Waals surface area contributed by atoms with E-state index in [0.29, 0.717) is 5.92 Å². The summed E-state index contributed by atoms with van der Waals surface area (Å²) in [6.07, 6.45) is 6.93. The molecule has 0 saturated heterocycles. The summed E-state index contributed by atoms with van der Waals surface area (Å²) in [5.74, 6) is 1.65. The lowest BCUT2D eigenvalue weighted by atomic mass is 9.84. The minimum absolute atomic E-state index is 0.653. The SMILES string of the molecule is CCC1CCC(NCCOCC(C)C)CC1. The molecule has 0 aromatic carbocycles. The molecule has 0 unspecified atom stereocenters. The summed E-state index contributed by atoms with van der Waals surface area (Å²) < 4.78 is 5.57. The predicted molar refractivity (Wildman–Crippen MR) is 69.7 cm³/mol. The molecule has 96 valence electrons. The Hall–Kier alpha value is -0.0800. The molecule has 2 heteroatoms. The van der Waals surface area contributed by atoms with E-state index in [4.69, 9.17) is 4.74 Å². The van der Waals surface area contributed by atoms with Gasteiger partial charge in [-0.3, -0.25) is 0 Å². The summed E-state index contributed by atoms with van der Waals surface area (Å²) in [5.41, 5.74) is 0. The van der Waals surface area contributed by atoms with Crippen LogP contribution >= 0.6 is 0 Å². The van der Waals surface area contributed by atoms with Crippen LogP contribution in [0, 0.1) is 11.8 Å². The first kappa shape index (κ1) is 14.0. The van der Waals surface area contributed by atoms with Crippen LogP contribution in [-0.4, -0.2) is 25.8 Å². The lowest BCUT2D eigenvalue weighted by Crippen LogP contribution is -2.35. The van der Waals surface area contributed by atoms with Gasteiger partial charge in [-0.05, 0) is 37.5 Å². The third kappa shape index (κ3) is 5.86. The van der Waals surface area contributed by atoms with E-state index in [9.17, 15) is 0 Å². The van der Waals surface area contributed by atoms with Crippen LogP contribution < -0.4 is 5.32 Å². The maximum atomic E-state index is 5.57. The van der Waals surface area contributed by atoms with Gasteiger partial charge in [0.2, 0.25) is 0 Å². The molecule has 1 aliphatic rings. The van der Waals surface area contributed by atoms with Gasteiger partial charge in [0.25, 0.3) is 0 Å². The fourth-order valence-corrected chi connectivity index (χ4v) is 2.43. The van der Waals surface area contributed by atoms with E-state index in [2.05, 4.69) is 26.1 Å². The maximum Gasteiger partial charge on any atom is 0.0591 e. The molecule has 1 rings (SSSR count). The van der Waals surface area contributed by atoms with Crippen LogP contribution in [0.25, 0.3) is 0 Å². The molecule has 16 heavy (non-hydrogen) atoms. The topological polar surface area (TPSA) is 21.3 Å². The van der Waals surface area contributed by atoms with Crippen molar-refractivity contribution in [1.82, 2.24) is 5.32 Å². The molecule has 1 N–H and O–H groups in total. The summed E-state index contributed by atoms with van der Waals surface area (Å²) in [4.78, 5) is 0. The van der Waals surface area contributed by atoms with Gasteiger partial charge in [0.15, 0.2) is 0 Å². The highest BCUT2D eigenvalue weighted by Gasteiger charge is 2.18. The smallest absolute Gasteiger partial charge is 0.0591 e. The van der Waals surface area contributed by atoms with Gasteiger partial charge in [0.1, 0.15) is 0 Å². The van der Waals surface area contributed by atoms with Crippen molar-refractivity contribution in [3.63, 3.8) is 0 Å². The largest absolute Gasteiger partial charge is 0.380 e. The number of ether oxygens (including phenoxy) is 1. The van der Waals surface area contributed by atoms with Crippen molar-refractivity contribution in [1.29, 1.82) is 0 Å². The van der Waals surface area contributed by atoms with E-state index in [0.717, 1.165) is 31.7 Å². The fraction of sp³-hybridized carbons (Fsp3) is 1.00. The molecule has 0 aliphatic heterocycles. The second-order valence-electron chi connectivity index (χ2n) is 5.55. The molecule has 1 aliphatic carbocycles. The summed E-state index contributed by atoms with van der Waals surface area (Å²) >= 11 is 0. The summed E-state index contributed by atoms with van der Waals surface area (Å²) in [7, 11) is 0. The van der Waals surface area contributed by atoms with Crippen molar-refractivity contribution in [2.75, 3.05) is 19.8 Å². The lowest BCUT2D eigenvalue weighted by Gasteiger charge is -2.28. The standard InChI is InChI=1S/C14H29NO/c1-4-13-5-7-14(8-6-13)15-9-10-16-11-12(2)3/h12-15H,4-11H2,1-3H3. The first-order chi connectivity index (χ1) is 7.72. The monoisotopic (exact) mass is 227 g/mol. The van der Waals surface area contributed by atoms with Crippen molar-refractivity contribution >= 4 is 0 Å². The second kappa shape index (κ2) is 8.08. The average Bonchev–Trinajstić information content (AvgIpc) is 2.29. The van der Waals surface area contributed by atoms with Crippen molar-refractivity contribution in [3.8, 4) is 0 Å². The zero-order valence-corrected chi connectivity index (χ0v) is 11.3. The van der Waals surface area contributed by atoms with Gasteiger partial charge >= 0.3 is 0 Å². The Balaban J connectivity index is 1.94. The molecule has 0 amide bonds. The summed E-state index contributed by atoms with van der Waals surface area (Å²) in [6.45, 7) is 9.49. The Labute approximate surface area is 101 Å². The van der Waals surface area contributed by atoms with Gasteiger partial charge in [0, 0.05) is 19.2 Å². The van der Waals surface area contributed by atoms with Crippen LogP contribution in [-0.2, 0) is 4.74 Å². The van der Waals surface area contributed by atoms with E-state index in [-0.39, 0.29) is 0 Å². The molecule has 0 heterocycles. The Morgan fingerprint density at radius 2 is 1.88 bits per heavy atom. The first-order valence-electron chi connectivity index (χ1n) is 7.03. The predicted octanol–water partition coefficient (Wildman–Crippen LogP) is 3.22. The molecule has 1 fully saturated rings. The first-order valence-corrected chi connectivity index (χ1v) is 7.03. The van der Waals surface area contributed by atoms with Crippen LogP contribution in [0.4, 0.5) is 0 Å². The van der Waals surface area contributed by atoms with Crippen LogP contribution in [0.15, 0.2) is 0 Å². The van der Waals surface area contributed by atoms with Gasteiger partial charge in [-0.2, -0.15) is 0 Å². The highest BCUT2D eigenvalue weighted by molar-refractivity contribution is 4.76. The molecule has 1 saturated carbocycles. The normalized spacial score (nSPS) is 26.2. The average molecular weight is 227 g/mol. The summed E-state index contributed by atoms with van der Waals surface area (Å²) in [6, 6.07) is 0.755. The Morgan fingerprint density at radius 3 is 2.44 bits per heavy atom. The molecule has 0 aromatic rings. The van der Waals surface area contributed by atoms with E-state index >= 15 is 0 Å². The molecule has 0 spiro atoms. The number of rotatable bonds is 7. The summed E-state index contributed by atoms with van der Waals surface area (Å²) in [5, 5.41) is 3.61. The molecule has 0 radical (unpaired) electrons. The van der Waals surface area contributed by atoms with E-state index in [1.54, 1.807) is 0 Å². The lowest BCUT2D eigenvalue weighted by molar-refractivity contribution is 0.108. The van der Waals surface area contributed by atoms with E-state index < -0.39 is 0 Å². The minimum atomic E-state index is 0.653. The molecular formula is C14H29NO. The Kier molecular flexibility index (Phi) is 7.06.